The van der Waals surface area contributed by atoms with Crippen molar-refractivity contribution in [1.82, 2.24) is 19.3 Å². The molecule has 2 heterocycles. The van der Waals surface area contributed by atoms with E-state index in [-0.39, 0.29) is 15.1 Å². The van der Waals surface area contributed by atoms with Crippen molar-refractivity contribution >= 4 is 54.6 Å². The highest BCUT2D eigenvalue weighted by atomic mass is 32.2. The van der Waals surface area contributed by atoms with Gasteiger partial charge in [-0.1, -0.05) is 5.16 Å². The van der Waals surface area contributed by atoms with Crippen molar-refractivity contribution in [2.45, 2.75) is 12.1 Å². The summed E-state index contributed by atoms with van der Waals surface area (Å²) in [5.74, 6) is -2.31. The molecule has 19 heteroatoms. The molecule has 0 aliphatic carbocycles. The van der Waals surface area contributed by atoms with Crippen molar-refractivity contribution in [2.24, 2.45) is 5.16 Å². The normalized spacial score (nSPS) is 19.8. The average molecular weight is 505 g/mol. The summed E-state index contributed by atoms with van der Waals surface area (Å²) in [4.78, 5) is 33.1. The first kappa shape index (κ1) is 24.8. The molecule has 15 nitrogen and oxygen atoms in total. The van der Waals surface area contributed by atoms with Gasteiger partial charge in [-0.15, -0.1) is 11.3 Å². The third-order valence-electron chi connectivity index (χ3n) is 3.63. The van der Waals surface area contributed by atoms with E-state index in [1.165, 1.54) is 5.38 Å². The number of nitrogens with two attached hydrogens (primary N) is 1. The molecule has 2 atom stereocenters. The van der Waals surface area contributed by atoms with Crippen molar-refractivity contribution in [3.8, 4) is 0 Å². The molecule has 1 aromatic heterocycles. The van der Waals surface area contributed by atoms with E-state index in [9.17, 15) is 35.4 Å². The molecule has 2 rings (SSSR count). The Balaban J connectivity index is 2.21. The molecule has 0 aromatic carbocycles. The van der Waals surface area contributed by atoms with Gasteiger partial charge in [0.05, 0.1) is 6.61 Å². The summed E-state index contributed by atoms with van der Waals surface area (Å²) in [7, 11) is -8.48. The Morgan fingerprint density at radius 1 is 1.45 bits per heavy atom. The lowest BCUT2D eigenvalue weighted by atomic mass is 9.99. The molecule has 1 fully saturated rings. The highest BCUT2D eigenvalue weighted by molar-refractivity contribution is 7.84. The highest BCUT2D eigenvalue weighted by Crippen LogP contribution is 2.24. The summed E-state index contributed by atoms with van der Waals surface area (Å²) in [6.45, 7) is -2.64. The quantitative estimate of drug-likeness (QED) is 0.106. The first-order valence-corrected chi connectivity index (χ1v) is 11.7. The Hall–Kier alpha value is -2.45. The number of alkyl halides is 1. The fourth-order valence-corrected chi connectivity index (χ4v) is 4.53. The zero-order valence-corrected chi connectivity index (χ0v) is 18.0. The van der Waals surface area contributed by atoms with E-state index in [1.807, 2.05) is 0 Å². The molecule has 1 saturated heterocycles. The first-order chi connectivity index (χ1) is 14.4. The van der Waals surface area contributed by atoms with E-state index in [0.717, 1.165) is 18.4 Å². The maximum Gasteiger partial charge on any atom is 0.362 e. The summed E-state index contributed by atoms with van der Waals surface area (Å²) < 4.78 is 73.6. The minimum Gasteiger partial charge on any atom is -0.398 e. The average Bonchev–Trinajstić information content (AvgIpc) is 3.10. The van der Waals surface area contributed by atoms with Gasteiger partial charge in [-0.05, 0) is 0 Å². The molecule has 1 aromatic rings. The fourth-order valence-electron chi connectivity index (χ4n) is 2.39. The molecule has 1 aliphatic heterocycles. The number of oxime groups is 1. The summed E-state index contributed by atoms with van der Waals surface area (Å²) in [6, 6.07) is -3.26. The number of halogens is 1. The Labute approximate surface area is 179 Å². The summed E-state index contributed by atoms with van der Waals surface area (Å²) in [5, 5.41) is 7.09. The Morgan fingerprint density at radius 2 is 2.13 bits per heavy atom. The SMILES string of the molecule is CO/N=C(/C(=O)N[C@@H]1C(=O)N(S(=O)(=O)O)[C@@H]1COS(=O)(=O)NCCF)c1csc(N)n1. The van der Waals surface area contributed by atoms with Crippen LogP contribution in [-0.4, -0.2) is 87.2 Å². The van der Waals surface area contributed by atoms with Crippen molar-refractivity contribution < 1.29 is 44.4 Å². The molecular weight excluding hydrogens is 487 g/mol. The number of carbonyl (C=O) groups excluding carboxylic acids is 2. The lowest BCUT2D eigenvalue weighted by Gasteiger charge is -2.43. The number of hydrogen-bond acceptors (Lipinski definition) is 12. The number of β-lactam (4-membered cyclic amide) rings is 1. The first-order valence-electron chi connectivity index (χ1n) is 8.05. The van der Waals surface area contributed by atoms with Crippen LogP contribution >= 0.6 is 11.3 Å². The van der Waals surface area contributed by atoms with Gasteiger partial charge in [0, 0.05) is 11.9 Å². The van der Waals surface area contributed by atoms with Crippen molar-refractivity contribution in [3.63, 3.8) is 0 Å². The topological polar surface area (TPSA) is 220 Å². The third kappa shape index (κ3) is 6.04. The zero-order chi connectivity index (χ0) is 23.4. The van der Waals surface area contributed by atoms with Gasteiger partial charge in [0.1, 0.15) is 31.6 Å². The van der Waals surface area contributed by atoms with E-state index in [4.69, 9.17) is 5.73 Å². The molecule has 0 radical (unpaired) electrons. The predicted octanol–water partition coefficient (Wildman–Crippen LogP) is -2.61. The van der Waals surface area contributed by atoms with Crippen molar-refractivity contribution in [3.05, 3.63) is 11.1 Å². The highest BCUT2D eigenvalue weighted by Gasteiger charge is 2.54. The second-order valence-corrected chi connectivity index (χ2v) is 9.26. The number of nitrogens with one attached hydrogen (secondary N) is 2. The summed E-state index contributed by atoms with van der Waals surface area (Å²) in [5.41, 5.74) is 5.08. The largest absolute Gasteiger partial charge is 0.398 e. The number of nitrogen functional groups attached to an aromatic ring is 1. The fraction of sp³-hybridized carbons (Fsp3) is 0.500. The van der Waals surface area contributed by atoms with Crippen LogP contribution in [0.1, 0.15) is 5.69 Å². The minimum absolute atomic E-state index is 0.00828. The Morgan fingerprint density at radius 3 is 2.65 bits per heavy atom. The van der Waals surface area contributed by atoms with Crippen molar-refractivity contribution in [2.75, 3.05) is 32.7 Å². The lowest BCUT2D eigenvalue weighted by molar-refractivity contribution is -0.146. The van der Waals surface area contributed by atoms with E-state index >= 15 is 0 Å². The number of nitrogens with zero attached hydrogens (tertiary/aromatic N) is 3. The standard InChI is InChI=1S/C12H17FN6O9S3/c1-27-18-8(6-5-29-12(14)16-6)10(20)17-9-7(19(11(9)21)31(24,25)26)4-28-30(22,23)15-3-2-13/h5,7,9,15H,2-4H2,1H3,(H2,14,16)(H,17,20)(H,24,25,26)/b18-8+/t7-,9+/m1/s1. The molecular formula is C12H17FN6O9S3. The van der Waals surface area contributed by atoms with Crippen molar-refractivity contribution in [1.29, 1.82) is 0 Å². The minimum atomic E-state index is -5.10. The van der Waals surface area contributed by atoms with Crippen LogP contribution in [0.4, 0.5) is 9.52 Å². The lowest BCUT2D eigenvalue weighted by Crippen LogP contribution is -2.73. The number of amides is 2. The molecule has 0 spiro atoms. The van der Waals surface area contributed by atoms with Gasteiger partial charge < -0.3 is 15.9 Å². The van der Waals surface area contributed by atoms with Crippen LogP contribution in [-0.2, 0) is 39.2 Å². The molecule has 1 aliphatic rings. The molecule has 0 saturated carbocycles. The Kier molecular flexibility index (Phi) is 7.83. The number of thiazole rings is 1. The van der Waals surface area contributed by atoms with Crippen LogP contribution in [0.15, 0.2) is 10.5 Å². The monoisotopic (exact) mass is 504 g/mol. The summed E-state index contributed by atoms with van der Waals surface area (Å²) >= 11 is 0.979. The van der Waals surface area contributed by atoms with Gasteiger partial charge in [-0.2, -0.15) is 21.6 Å². The van der Waals surface area contributed by atoms with Gasteiger partial charge in [0.2, 0.25) is 0 Å². The Bertz CT molecular complexity index is 1070. The van der Waals surface area contributed by atoms with Crippen LogP contribution in [0.3, 0.4) is 0 Å². The molecule has 0 bridgehead atoms. The van der Waals surface area contributed by atoms with Gasteiger partial charge in [-0.3, -0.25) is 18.3 Å². The van der Waals surface area contributed by atoms with E-state index in [1.54, 1.807) is 4.72 Å². The van der Waals surface area contributed by atoms with Gasteiger partial charge >= 0.3 is 20.6 Å². The van der Waals surface area contributed by atoms with Crippen LogP contribution in [0.2, 0.25) is 0 Å². The number of aromatic nitrogens is 1. The van der Waals surface area contributed by atoms with E-state index < -0.39 is 70.0 Å². The molecule has 5 N–H and O–H groups in total. The molecule has 174 valence electrons. The van der Waals surface area contributed by atoms with Crippen LogP contribution in [0.25, 0.3) is 0 Å². The maximum absolute atomic E-state index is 12.5. The van der Waals surface area contributed by atoms with Gasteiger partial charge in [0.15, 0.2) is 10.8 Å². The van der Waals surface area contributed by atoms with Crippen LogP contribution in [0.5, 0.6) is 0 Å². The third-order valence-corrected chi connectivity index (χ3v) is 6.26. The van der Waals surface area contributed by atoms with E-state index in [2.05, 4.69) is 24.5 Å². The maximum atomic E-state index is 12.5. The second kappa shape index (κ2) is 9.78. The predicted molar refractivity (Wildman–Crippen MR) is 103 cm³/mol. The zero-order valence-electron chi connectivity index (χ0n) is 15.6. The van der Waals surface area contributed by atoms with Crippen LogP contribution < -0.4 is 15.8 Å². The van der Waals surface area contributed by atoms with E-state index in [0.29, 0.717) is 0 Å². The molecule has 0 unspecified atom stereocenters. The molecule has 31 heavy (non-hydrogen) atoms. The second-order valence-electron chi connectivity index (χ2n) is 5.65. The van der Waals surface area contributed by atoms with Gasteiger partial charge in [-0.25, -0.2) is 13.7 Å². The van der Waals surface area contributed by atoms with Crippen LogP contribution in [0, 0.1) is 0 Å². The number of hydrogen-bond donors (Lipinski definition) is 4. The molecule has 2 amide bonds. The number of rotatable bonds is 11. The van der Waals surface area contributed by atoms with Gasteiger partial charge in [0.25, 0.3) is 11.8 Å². The summed E-state index contributed by atoms with van der Waals surface area (Å²) in [6.07, 6.45) is 0. The smallest absolute Gasteiger partial charge is 0.362 e. The number of carbonyl (C=O) groups is 2. The number of anilines is 1.